The van der Waals surface area contributed by atoms with Crippen LogP contribution in [0.1, 0.15) is 69.9 Å². The fraction of sp³-hybridized carbons (Fsp3) is 0.650. The van der Waals surface area contributed by atoms with Crippen LogP contribution in [0.5, 0.6) is 0 Å². The first-order valence-electron chi connectivity index (χ1n) is 9.01. The second kappa shape index (κ2) is 5.72. The fourth-order valence-corrected chi connectivity index (χ4v) is 5.37. The normalized spacial score (nSPS) is 35.8. The predicted molar refractivity (Wildman–Crippen MR) is 91.8 cm³/mol. The molecular formula is C20H29NO. The third-order valence-corrected chi connectivity index (χ3v) is 6.46. The minimum atomic E-state index is -0.00746. The molecule has 3 aliphatic rings. The van der Waals surface area contributed by atoms with Crippen LogP contribution in [-0.4, -0.2) is 5.78 Å². The molecule has 0 saturated heterocycles. The van der Waals surface area contributed by atoms with Crippen LogP contribution in [0.4, 0.5) is 5.69 Å². The van der Waals surface area contributed by atoms with Crippen molar-refractivity contribution in [2.75, 3.05) is 5.73 Å². The number of ketones is 1. The van der Waals surface area contributed by atoms with Gasteiger partial charge in [0.1, 0.15) is 5.78 Å². The van der Waals surface area contributed by atoms with Gasteiger partial charge >= 0.3 is 0 Å². The molecule has 4 rings (SSSR count). The Morgan fingerprint density at radius 3 is 2.68 bits per heavy atom. The Bertz CT molecular complexity index is 579. The maximum atomic E-state index is 12.3. The molecule has 1 aromatic carbocycles. The average molecular weight is 299 g/mol. The van der Waals surface area contributed by atoms with E-state index in [1.165, 1.54) is 24.0 Å². The quantitative estimate of drug-likeness (QED) is 0.704. The first-order chi connectivity index (χ1) is 10.6. The van der Waals surface area contributed by atoms with Crippen molar-refractivity contribution >= 4 is 11.5 Å². The summed E-state index contributed by atoms with van der Waals surface area (Å²) in [6.07, 6.45) is 6.60. The Labute approximate surface area is 134 Å². The van der Waals surface area contributed by atoms with Crippen molar-refractivity contribution in [3.63, 3.8) is 0 Å². The number of aryl methyl sites for hydroxylation is 1. The zero-order chi connectivity index (χ0) is 15.9. The number of rotatable bonds is 0. The molecule has 0 heterocycles. The van der Waals surface area contributed by atoms with Crippen molar-refractivity contribution in [1.82, 2.24) is 0 Å². The van der Waals surface area contributed by atoms with E-state index in [9.17, 15) is 4.79 Å². The molecule has 2 saturated carbocycles. The minimum Gasteiger partial charge on any atom is -0.399 e. The van der Waals surface area contributed by atoms with Crippen LogP contribution in [0.25, 0.3) is 0 Å². The van der Waals surface area contributed by atoms with Crippen LogP contribution in [-0.2, 0) is 11.2 Å². The van der Waals surface area contributed by atoms with E-state index >= 15 is 0 Å². The summed E-state index contributed by atoms with van der Waals surface area (Å²) < 4.78 is 0. The van der Waals surface area contributed by atoms with Gasteiger partial charge in [-0.2, -0.15) is 0 Å². The smallest absolute Gasteiger partial charge is 0.139 e. The summed E-state index contributed by atoms with van der Waals surface area (Å²) in [7, 11) is 0. The number of hydrogen-bond acceptors (Lipinski definition) is 2. The first kappa shape index (κ1) is 15.6. The Balaban J connectivity index is 0.000000693. The summed E-state index contributed by atoms with van der Waals surface area (Å²) in [4.78, 5) is 12.3. The van der Waals surface area contributed by atoms with Gasteiger partial charge in [-0.3, -0.25) is 4.79 Å². The number of Topliss-reactive ketones (excluding diaryl/α,β-unsaturated/α-hetero) is 1. The molecule has 2 fully saturated rings. The van der Waals surface area contributed by atoms with Crippen LogP contribution in [0.2, 0.25) is 0 Å². The van der Waals surface area contributed by atoms with Gasteiger partial charge in [-0.15, -0.1) is 0 Å². The van der Waals surface area contributed by atoms with Gasteiger partial charge in [0.2, 0.25) is 0 Å². The van der Waals surface area contributed by atoms with E-state index in [4.69, 9.17) is 5.73 Å². The van der Waals surface area contributed by atoms with E-state index < -0.39 is 0 Å². The molecule has 22 heavy (non-hydrogen) atoms. The van der Waals surface area contributed by atoms with Gasteiger partial charge in [0.25, 0.3) is 0 Å². The van der Waals surface area contributed by atoms with Gasteiger partial charge < -0.3 is 5.73 Å². The Morgan fingerprint density at radius 1 is 1.14 bits per heavy atom. The third-order valence-electron chi connectivity index (χ3n) is 6.46. The highest BCUT2D eigenvalue weighted by molar-refractivity contribution is 5.87. The number of fused-ring (bicyclic) bond motifs is 5. The van der Waals surface area contributed by atoms with Gasteiger partial charge in [0, 0.05) is 17.5 Å². The molecule has 1 aromatic rings. The van der Waals surface area contributed by atoms with Gasteiger partial charge in [0.05, 0.1) is 0 Å². The van der Waals surface area contributed by atoms with E-state index in [1.807, 2.05) is 13.8 Å². The number of nitrogens with two attached hydrogens (primary N) is 1. The van der Waals surface area contributed by atoms with Gasteiger partial charge in [-0.05, 0) is 73.1 Å². The SMILES string of the molecule is CC.C[C@]12CCC3c4ccc(N)cc4CCC3C1CCC2=O. The molecule has 0 aliphatic heterocycles. The highest BCUT2D eigenvalue weighted by Gasteiger charge is 2.54. The van der Waals surface area contributed by atoms with Crippen LogP contribution in [0.15, 0.2) is 18.2 Å². The molecule has 2 nitrogen and oxygen atoms in total. The number of carbonyl (C=O) groups is 1. The number of benzene rings is 1. The third kappa shape index (κ3) is 2.19. The Hall–Kier alpha value is -1.31. The molecule has 4 atom stereocenters. The lowest BCUT2D eigenvalue weighted by molar-refractivity contribution is -0.129. The van der Waals surface area contributed by atoms with E-state index in [-0.39, 0.29) is 5.41 Å². The maximum Gasteiger partial charge on any atom is 0.139 e. The molecule has 120 valence electrons. The molecular weight excluding hydrogens is 270 g/mol. The number of nitrogen functional groups attached to an aromatic ring is 1. The lowest BCUT2D eigenvalue weighted by Gasteiger charge is -2.48. The Morgan fingerprint density at radius 2 is 1.91 bits per heavy atom. The fourth-order valence-electron chi connectivity index (χ4n) is 5.37. The molecule has 0 amide bonds. The van der Waals surface area contributed by atoms with E-state index in [2.05, 4.69) is 25.1 Å². The second-order valence-electron chi connectivity index (χ2n) is 7.29. The van der Waals surface area contributed by atoms with Crippen LogP contribution in [0.3, 0.4) is 0 Å². The minimum absolute atomic E-state index is 0.00746. The van der Waals surface area contributed by atoms with E-state index in [0.29, 0.717) is 17.6 Å². The molecule has 2 N–H and O–H groups in total. The summed E-state index contributed by atoms with van der Waals surface area (Å²) in [5.74, 6) is 2.54. The highest BCUT2D eigenvalue weighted by Crippen LogP contribution is 2.59. The molecule has 0 bridgehead atoms. The topological polar surface area (TPSA) is 43.1 Å². The highest BCUT2D eigenvalue weighted by atomic mass is 16.1. The summed E-state index contributed by atoms with van der Waals surface area (Å²) in [6.45, 7) is 6.24. The molecule has 3 aliphatic carbocycles. The standard InChI is InChI=1S/C18H23NO.C2H6/c1-18-9-8-14-13-5-3-12(19)10-11(13)2-4-15(14)16(18)6-7-17(18)20;1-2/h3,5,10,14-16H,2,4,6-9,19H2,1H3;1-2H3/t14?,15?,16?,18-;/m0./s1. The zero-order valence-corrected chi connectivity index (χ0v) is 14.2. The van der Waals surface area contributed by atoms with Crippen LogP contribution in [0, 0.1) is 17.3 Å². The number of carbonyl (C=O) groups excluding carboxylic acids is 1. The van der Waals surface area contributed by atoms with Crippen molar-refractivity contribution in [2.45, 2.75) is 65.2 Å². The lowest BCUT2D eigenvalue weighted by Crippen LogP contribution is -2.42. The van der Waals surface area contributed by atoms with Crippen LogP contribution < -0.4 is 5.73 Å². The van der Waals surface area contributed by atoms with Crippen LogP contribution >= 0.6 is 0 Å². The molecule has 0 aromatic heterocycles. The number of hydrogen-bond donors (Lipinski definition) is 1. The van der Waals surface area contributed by atoms with Crippen molar-refractivity contribution in [3.05, 3.63) is 29.3 Å². The van der Waals surface area contributed by atoms with Crippen molar-refractivity contribution in [2.24, 2.45) is 17.3 Å². The number of anilines is 1. The summed E-state index contributed by atoms with van der Waals surface area (Å²) >= 11 is 0. The maximum absolute atomic E-state index is 12.3. The Kier molecular flexibility index (Phi) is 4.05. The second-order valence-corrected chi connectivity index (χ2v) is 7.29. The summed E-state index contributed by atoms with van der Waals surface area (Å²) in [6, 6.07) is 6.47. The average Bonchev–Trinajstić information content (AvgIpc) is 2.84. The van der Waals surface area contributed by atoms with Crippen molar-refractivity contribution < 1.29 is 4.79 Å². The summed E-state index contributed by atoms with van der Waals surface area (Å²) in [5, 5.41) is 0. The largest absolute Gasteiger partial charge is 0.399 e. The molecule has 0 radical (unpaired) electrons. The van der Waals surface area contributed by atoms with Gasteiger partial charge in [-0.25, -0.2) is 0 Å². The monoisotopic (exact) mass is 299 g/mol. The molecule has 2 heteroatoms. The molecule has 3 unspecified atom stereocenters. The van der Waals surface area contributed by atoms with Gasteiger partial charge in [0.15, 0.2) is 0 Å². The predicted octanol–water partition coefficient (Wildman–Crippen LogP) is 4.72. The lowest BCUT2D eigenvalue weighted by atomic mass is 9.55. The first-order valence-corrected chi connectivity index (χ1v) is 9.01. The van der Waals surface area contributed by atoms with E-state index in [0.717, 1.165) is 37.3 Å². The zero-order valence-electron chi connectivity index (χ0n) is 14.2. The summed E-state index contributed by atoms with van der Waals surface area (Å²) in [5.41, 5.74) is 9.79. The van der Waals surface area contributed by atoms with Crippen molar-refractivity contribution in [3.8, 4) is 0 Å². The van der Waals surface area contributed by atoms with Gasteiger partial charge in [-0.1, -0.05) is 26.8 Å². The van der Waals surface area contributed by atoms with E-state index in [1.54, 1.807) is 0 Å². The molecule has 0 spiro atoms. The van der Waals surface area contributed by atoms with Crippen molar-refractivity contribution in [1.29, 1.82) is 0 Å².